The molecule has 3 heteroatoms. The lowest BCUT2D eigenvalue weighted by atomic mass is 10.3. The average molecular weight is 102 g/mol. The minimum absolute atomic E-state index is 0.274. The van der Waals surface area contributed by atoms with Gasteiger partial charge in [-0.1, -0.05) is 6.92 Å². The highest BCUT2D eigenvalue weighted by molar-refractivity contribution is 5.75. The number of amides is 1. The molecule has 0 rings (SSSR count). The van der Waals surface area contributed by atoms with Crippen LogP contribution < -0.4 is 5.48 Å². The molecule has 3 nitrogen and oxygen atoms in total. The van der Waals surface area contributed by atoms with Crippen molar-refractivity contribution in [1.29, 1.82) is 0 Å². The van der Waals surface area contributed by atoms with Gasteiger partial charge in [-0.3, -0.25) is 10.0 Å². The van der Waals surface area contributed by atoms with E-state index in [-0.39, 0.29) is 12.3 Å². The van der Waals surface area contributed by atoms with Gasteiger partial charge in [0.15, 0.2) is 0 Å². The van der Waals surface area contributed by atoms with Crippen LogP contribution in [0, 0.1) is 6.42 Å². The molecule has 0 unspecified atom stereocenters. The molecular weight excluding hydrogens is 94.0 g/mol. The van der Waals surface area contributed by atoms with Crippen molar-refractivity contribution in [3.05, 3.63) is 6.42 Å². The molecule has 0 heterocycles. The normalized spacial score (nSPS) is 8.29. The van der Waals surface area contributed by atoms with Crippen molar-refractivity contribution in [2.24, 2.45) is 0 Å². The van der Waals surface area contributed by atoms with Crippen molar-refractivity contribution in [2.45, 2.75) is 13.3 Å². The first-order chi connectivity index (χ1) is 3.31. The molecule has 0 fully saturated rings. The van der Waals surface area contributed by atoms with E-state index in [0.717, 1.165) is 0 Å². The SMILES string of the molecule is C[CH]CC(=O)NO. The van der Waals surface area contributed by atoms with Crippen LogP contribution in [0.5, 0.6) is 0 Å². The molecule has 2 N–H and O–H groups in total. The van der Waals surface area contributed by atoms with E-state index in [4.69, 9.17) is 5.21 Å². The van der Waals surface area contributed by atoms with Crippen LogP contribution in [0.1, 0.15) is 13.3 Å². The lowest BCUT2D eigenvalue weighted by Crippen LogP contribution is -2.17. The van der Waals surface area contributed by atoms with Gasteiger partial charge < -0.3 is 0 Å². The van der Waals surface area contributed by atoms with E-state index < -0.39 is 0 Å². The van der Waals surface area contributed by atoms with Crippen molar-refractivity contribution in [1.82, 2.24) is 5.48 Å². The molecule has 0 bridgehead atoms. The molecular formula is C4H8NO2. The van der Waals surface area contributed by atoms with Gasteiger partial charge in [0, 0.05) is 6.42 Å². The first-order valence-electron chi connectivity index (χ1n) is 2.02. The topological polar surface area (TPSA) is 49.3 Å². The average Bonchev–Trinajstić information content (AvgIpc) is 1.68. The molecule has 0 aliphatic rings. The van der Waals surface area contributed by atoms with Gasteiger partial charge in [0.1, 0.15) is 0 Å². The Morgan fingerprint density at radius 2 is 2.57 bits per heavy atom. The van der Waals surface area contributed by atoms with Crippen LogP contribution in [0.15, 0.2) is 0 Å². The lowest BCUT2D eigenvalue weighted by molar-refractivity contribution is -0.128. The number of carbonyl (C=O) groups excluding carboxylic acids is 1. The first-order valence-corrected chi connectivity index (χ1v) is 2.02. The summed E-state index contributed by atoms with van der Waals surface area (Å²) in [4.78, 5) is 10.0. The zero-order valence-electron chi connectivity index (χ0n) is 4.14. The zero-order chi connectivity index (χ0) is 5.70. The fourth-order valence-electron chi connectivity index (χ4n) is 0.231. The Labute approximate surface area is 42.3 Å². The third kappa shape index (κ3) is 3.26. The summed E-state index contributed by atoms with van der Waals surface area (Å²) in [6.45, 7) is 1.75. The van der Waals surface area contributed by atoms with Crippen LogP contribution in [0.3, 0.4) is 0 Å². The highest BCUT2D eigenvalue weighted by atomic mass is 16.5. The molecule has 1 radical (unpaired) electrons. The van der Waals surface area contributed by atoms with Crippen LogP contribution in [0.4, 0.5) is 0 Å². The maximum atomic E-state index is 10.0. The van der Waals surface area contributed by atoms with E-state index in [9.17, 15) is 4.79 Å². The standard InChI is InChI=1S/C4H8NO2/c1-2-3-4(6)5-7/h2,7H,3H2,1H3,(H,5,6). The minimum atomic E-state index is -0.373. The second-order valence-corrected chi connectivity index (χ2v) is 1.15. The van der Waals surface area contributed by atoms with Crippen LogP contribution in [-0.2, 0) is 4.79 Å². The summed E-state index contributed by atoms with van der Waals surface area (Å²) in [5, 5.41) is 7.85. The third-order valence-electron chi connectivity index (χ3n) is 0.514. The maximum absolute atomic E-state index is 10.0. The summed E-state index contributed by atoms with van der Waals surface area (Å²) in [6.07, 6.45) is 1.93. The quantitative estimate of drug-likeness (QED) is 0.384. The Morgan fingerprint density at radius 3 is 2.71 bits per heavy atom. The van der Waals surface area contributed by atoms with Crippen molar-refractivity contribution < 1.29 is 10.0 Å². The zero-order valence-corrected chi connectivity index (χ0v) is 4.14. The van der Waals surface area contributed by atoms with Gasteiger partial charge in [0.25, 0.3) is 0 Å². The van der Waals surface area contributed by atoms with Gasteiger partial charge in [-0.2, -0.15) is 0 Å². The fraction of sp³-hybridized carbons (Fsp3) is 0.500. The number of carbonyl (C=O) groups is 1. The molecule has 0 spiro atoms. The van der Waals surface area contributed by atoms with Crippen molar-refractivity contribution in [2.75, 3.05) is 0 Å². The van der Waals surface area contributed by atoms with E-state index in [0.29, 0.717) is 0 Å². The Morgan fingerprint density at radius 1 is 2.00 bits per heavy atom. The third-order valence-corrected chi connectivity index (χ3v) is 0.514. The minimum Gasteiger partial charge on any atom is -0.289 e. The molecule has 0 saturated heterocycles. The molecule has 1 amide bonds. The summed E-state index contributed by atoms with van der Waals surface area (Å²) in [6, 6.07) is 0. The number of rotatable bonds is 2. The fourth-order valence-corrected chi connectivity index (χ4v) is 0.231. The van der Waals surface area contributed by atoms with Gasteiger partial charge in [0.05, 0.1) is 0 Å². The number of nitrogens with one attached hydrogen (secondary N) is 1. The highest BCUT2D eigenvalue weighted by Gasteiger charge is 1.91. The van der Waals surface area contributed by atoms with Crippen molar-refractivity contribution in [3.63, 3.8) is 0 Å². The summed E-state index contributed by atoms with van der Waals surface area (Å²) < 4.78 is 0. The van der Waals surface area contributed by atoms with Crippen molar-refractivity contribution in [3.8, 4) is 0 Å². The summed E-state index contributed by atoms with van der Waals surface area (Å²) >= 11 is 0. The van der Waals surface area contributed by atoms with Crippen LogP contribution in [0.25, 0.3) is 0 Å². The largest absolute Gasteiger partial charge is 0.289 e. The second kappa shape index (κ2) is 3.61. The molecule has 0 aliphatic heterocycles. The smallest absolute Gasteiger partial charge is 0.243 e. The van der Waals surface area contributed by atoms with Gasteiger partial charge in [-0.05, 0) is 6.42 Å². The van der Waals surface area contributed by atoms with E-state index in [1.807, 2.05) is 0 Å². The summed E-state index contributed by atoms with van der Waals surface area (Å²) in [5.41, 5.74) is 1.50. The molecule has 0 aromatic carbocycles. The summed E-state index contributed by atoms with van der Waals surface area (Å²) in [7, 11) is 0. The number of hydrogen-bond acceptors (Lipinski definition) is 2. The molecule has 7 heavy (non-hydrogen) atoms. The monoisotopic (exact) mass is 102 g/mol. The number of hydrogen-bond donors (Lipinski definition) is 2. The van der Waals surface area contributed by atoms with Gasteiger partial charge in [-0.25, -0.2) is 5.48 Å². The van der Waals surface area contributed by atoms with Crippen molar-refractivity contribution >= 4 is 5.91 Å². The molecule has 0 aliphatic carbocycles. The highest BCUT2D eigenvalue weighted by Crippen LogP contribution is 1.80. The Hall–Kier alpha value is -0.570. The number of hydroxylamine groups is 1. The van der Waals surface area contributed by atoms with E-state index in [1.165, 1.54) is 5.48 Å². The second-order valence-electron chi connectivity index (χ2n) is 1.15. The van der Waals surface area contributed by atoms with Crippen LogP contribution in [0.2, 0.25) is 0 Å². The molecule has 0 aromatic rings. The Kier molecular flexibility index (Phi) is 3.32. The van der Waals surface area contributed by atoms with E-state index >= 15 is 0 Å². The Balaban J connectivity index is 3.00. The Bertz CT molecular complexity index is 62.7. The molecule has 0 aromatic heterocycles. The lowest BCUT2D eigenvalue weighted by Gasteiger charge is -1.89. The summed E-state index contributed by atoms with van der Waals surface area (Å²) in [5.74, 6) is -0.373. The molecule has 41 valence electrons. The van der Waals surface area contributed by atoms with Gasteiger partial charge in [0.2, 0.25) is 5.91 Å². The van der Waals surface area contributed by atoms with Crippen LogP contribution >= 0.6 is 0 Å². The van der Waals surface area contributed by atoms with E-state index in [2.05, 4.69) is 0 Å². The first kappa shape index (κ1) is 6.43. The van der Waals surface area contributed by atoms with Gasteiger partial charge >= 0.3 is 0 Å². The van der Waals surface area contributed by atoms with Crippen LogP contribution in [-0.4, -0.2) is 11.1 Å². The van der Waals surface area contributed by atoms with Gasteiger partial charge in [-0.15, -0.1) is 0 Å². The maximum Gasteiger partial charge on any atom is 0.243 e. The molecule has 0 atom stereocenters. The predicted octanol–water partition coefficient (Wildman–Crippen LogP) is 0.106. The predicted molar refractivity (Wildman–Crippen MR) is 24.5 cm³/mol. The molecule has 0 saturated carbocycles. The van der Waals surface area contributed by atoms with E-state index in [1.54, 1.807) is 13.3 Å².